The molecule has 0 aromatic carbocycles. The van der Waals surface area contributed by atoms with Crippen LogP contribution in [0.3, 0.4) is 0 Å². The van der Waals surface area contributed by atoms with Gasteiger partial charge in [0, 0.05) is 19.6 Å². The first-order valence-corrected chi connectivity index (χ1v) is 8.45. The molecule has 2 heterocycles. The number of halogens is 1. The van der Waals surface area contributed by atoms with Crippen LogP contribution >= 0.6 is 15.9 Å². The minimum absolute atomic E-state index is 0.347. The summed E-state index contributed by atoms with van der Waals surface area (Å²) in [7, 11) is 1.93. The second-order valence-corrected chi connectivity index (χ2v) is 7.14. The number of hydrogen-bond donors (Lipinski definition) is 1. The third kappa shape index (κ3) is 2.63. The Kier molecular flexibility index (Phi) is 4.10. The maximum Gasteiger partial charge on any atom is 0.320 e. The molecule has 0 spiro atoms. The van der Waals surface area contributed by atoms with Gasteiger partial charge in [0.05, 0.1) is 15.9 Å². The van der Waals surface area contributed by atoms with Gasteiger partial charge in [0.25, 0.3) is 0 Å². The van der Waals surface area contributed by atoms with E-state index in [4.69, 9.17) is 0 Å². The summed E-state index contributed by atoms with van der Waals surface area (Å²) in [5.41, 5.74) is 2.03. The van der Waals surface area contributed by atoms with Crippen molar-refractivity contribution in [1.82, 2.24) is 14.7 Å². The first-order chi connectivity index (χ1) is 9.99. The van der Waals surface area contributed by atoms with Crippen LogP contribution in [0.1, 0.15) is 43.5 Å². The lowest BCUT2D eigenvalue weighted by Gasteiger charge is -2.33. The normalized spacial score (nSPS) is 29.6. The van der Waals surface area contributed by atoms with Gasteiger partial charge in [-0.1, -0.05) is 12.8 Å². The third-order valence-corrected chi connectivity index (χ3v) is 6.13. The van der Waals surface area contributed by atoms with E-state index in [1.807, 2.05) is 18.7 Å². The fourth-order valence-corrected chi connectivity index (χ4v) is 4.51. The third-order valence-electron chi connectivity index (χ3n) is 5.10. The molecule has 1 N–H and O–H groups in total. The molecule has 3 rings (SSSR count). The molecule has 0 amide bonds. The molecule has 6 heteroatoms. The predicted octanol–water partition coefficient (Wildman–Crippen LogP) is 2.71. The molecule has 1 aliphatic carbocycles. The molecular formula is C15H22BrN3O2. The zero-order valence-electron chi connectivity index (χ0n) is 12.5. The zero-order valence-corrected chi connectivity index (χ0v) is 14.1. The number of aryl methyl sites for hydroxylation is 2. The summed E-state index contributed by atoms with van der Waals surface area (Å²) >= 11 is 3.60. The second-order valence-electron chi connectivity index (χ2n) is 6.34. The minimum Gasteiger partial charge on any atom is -0.480 e. The molecule has 2 fully saturated rings. The molecular weight excluding hydrogens is 334 g/mol. The highest BCUT2D eigenvalue weighted by molar-refractivity contribution is 9.10. The average Bonchev–Trinajstić information content (AvgIpc) is 2.93. The van der Waals surface area contributed by atoms with E-state index < -0.39 is 5.97 Å². The van der Waals surface area contributed by atoms with Crippen LogP contribution in [-0.4, -0.2) is 37.8 Å². The molecule has 0 bridgehead atoms. The summed E-state index contributed by atoms with van der Waals surface area (Å²) in [6, 6.07) is 0.0714. The van der Waals surface area contributed by atoms with Crippen molar-refractivity contribution < 1.29 is 9.90 Å². The van der Waals surface area contributed by atoms with E-state index in [0.29, 0.717) is 18.5 Å². The van der Waals surface area contributed by atoms with Gasteiger partial charge in [0.1, 0.15) is 6.04 Å². The number of fused-ring (bicyclic) bond motifs is 1. The largest absolute Gasteiger partial charge is 0.480 e. The van der Waals surface area contributed by atoms with Gasteiger partial charge in [0.2, 0.25) is 0 Å². The monoisotopic (exact) mass is 355 g/mol. The van der Waals surface area contributed by atoms with Crippen molar-refractivity contribution in [2.24, 2.45) is 13.0 Å². The lowest BCUT2D eigenvalue weighted by Crippen LogP contribution is -2.42. The summed E-state index contributed by atoms with van der Waals surface area (Å²) < 4.78 is 2.88. The van der Waals surface area contributed by atoms with E-state index in [2.05, 4.69) is 25.9 Å². The maximum absolute atomic E-state index is 11.6. The number of likely N-dealkylation sites (tertiary alicyclic amines) is 1. The Balaban J connectivity index is 1.88. The molecule has 1 aliphatic heterocycles. The lowest BCUT2D eigenvalue weighted by atomic mass is 9.85. The molecule has 1 saturated heterocycles. The van der Waals surface area contributed by atoms with Gasteiger partial charge >= 0.3 is 5.97 Å². The first kappa shape index (κ1) is 15.0. The SMILES string of the molecule is Cc1nn(C)c(CN2C(C(=O)O)CC3CCCCC32)c1Br. The molecule has 21 heavy (non-hydrogen) atoms. The first-order valence-electron chi connectivity index (χ1n) is 7.65. The number of aromatic nitrogens is 2. The summed E-state index contributed by atoms with van der Waals surface area (Å²) in [6.45, 7) is 2.63. The van der Waals surface area contributed by atoms with Crippen molar-refractivity contribution in [3.8, 4) is 0 Å². The van der Waals surface area contributed by atoms with Crippen molar-refractivity contribution in [3.05, 3.63) is 15.9 Å². The molecule has 5 nitrogen and oxygen atoms in total. The Bertz CT molecular complexity index is 557. The highest BCUT2D eigenvalue weighted by atomic mass is 79.9. The van der Waals surface area contributed by atoms with Gasteiger partial charge in [-0.25, -0.2) is 0 Å². The molecule has 3 atom stereocenters. The van der Waals surface area contributed by atoms with Gasteiger partial charge in [0.15, 0.2) is 0 Å². The van der Waals surface area contributed by atoms with Crippen molar-refractivity contribution in [2.75, 3.05) is 0 Å². The van der Waals surface area contributed by atoms with Crippen molar-refractivity contribution in [2.45, 2.75) is 57.7 Å². The van der Waals surface area contributed by atoms with Gasteiger partial charge in [-0.2, -0.15) is 5.10 Å². The van der Waals surface area contributed by atoms with Crippen LogP contribution in [0.5, 0.6) is 0 Å². The summed E-state index contributed by atoms with van der Waals surface area (Å²) in [5, 5.41) is 14.0. The number of hydrogen-bond acceptors (Lipinski definition) is 3. The van der Waals surface area contributed by atoms with Crippen LogP contribution < -0.4 is 0 Å². The van der Waals surface area contributed by atoms with E-state index in [-0.39, 0.29) is 6.04 Å². The fraction of sp³-hybridized carbons (Fsp3) is 0.733. The van der Waals surface area contributed by atoms with Crippen LogP contribution in [-0.2, 0) is 18.4 Å². The number of rotatable bonds is 3. The molecule has 1 aromatic heterocycles. The van der Waals surface area contributed by atoms with E-state index >= 15 is 0 Å². The average molecular weight is 356 g/mol. The Morgan fingerprint density at radius 1 is 1.43 bits per heavy atom. The predicted molar refractivity (Wildman–Crippen MR) is 83.0 cm³/mol. The van der Waals surface area contributed by atoms with Crippen molar-refractivity contribution in [3.63, 3.8) is 0 Å². The number of nitrogens with zero attached hydrogens (tertiary/aromatic N) is 3. The van der Waals surface area contributed by atoms with Crippen LogP contribution in [0.2, 0.25) is 0 Å². The Hall–Kier alpha value is -0.880. The number of carboxylic acids is 1. The van der Waals surface area contributed by atoms with Gasteiger partial charge in [-0.3, -0.25) is 14.4 Å². The van der Waals surface area contributed by atoms with E-state index in [1.165, 1.54) is 19.3 Å². The lowest BCUT2D eigenvalue weighted by molar-refractivity contribution is -0.143. The van der Waals surface area contributed by atoms with E-state index in [9.17, 15) is 9.90 Å². The summed E-state index contributed by atoms with van der Waals surface area (Å²) in [4.78, 5) is 13.8. The maximum atomic E-state index is 11.6. The number of carboxylic acid groups (broad SMARTS) is 1. The van der Waals surface area contributed by atoms with Gasteiger partial charge < -0.3 is 5.11 Å². The van der Waals surface area contributed by atoms with Crippen molar-refractivity contribution in [1.29, 1.82) is 0 Å². The second kappa shape index (κ2) is 5.72. The molecule has 2 aliphatic rings. The molecule has 0 radical (unpaired) electrons. The molecule has 1 saturated carbocycles. The highest BCUT2D eigenvalue weighted by Crippen LogP contribution is 2.41. The smallest absolute Gasteiger partial charge is 0.320 e. The Morgan fingerprint density at radius 3 is 2.76 bits per heavy atom. The minimum atomic E-state index is -0.681. The Morgan fingerprint density at radius 2 is 2.14 bits per heavy atom. The van der Waals surface area contributed by atoms with Crippen molar-refractivity contribution >= 4 is 21.9 Å². The van der Waals surface area contributed by atoms with E-state index in [1.54, 1.807) is 0 Å². The molecule has 116 valence electrons. The quantitative estimate of drug-likeness (QED) is 0.905. The standard InChI is InChI=1S/C15H22BrN3O2/c1-9-14(16)13(18(2)17-9)8-19-11-6-4-3-5-10(11)7-12(19)15(20)21/h10-12H,3-8H2,1-2H3,(H,20,21). The van der Waals surface area contributed by atoms with Gasteiger partial charge in [-0.15, -0.1) is 0 Å². The summed E-state index contributed by atoms with van der Waals surface area (Å²) in [6.07, 6.45) is 5.57. The number of carbonyl (C=O) groups is 1. The molecule has 3 unspecified atom stereocenters. The molecule has 1 aromatic rings. The topological polar surface area (TPSA) is 58.4 Å². The van der Waals surface area contributed by atoms with Crippen LogP contribution in [0.15, 0.2) is 4.47 Å². The number of aliphatic carboxylic acids is 1. The van der Waals surface area contributed by atoms with Gasteiger partial charge in [-0.05, 0) is 48.0 Å². The van der Waals surface area contributed by atoms with E-state index in [0.717, 1.165) is 28.7 Å². The summed E-state index contributed by atoms with van der Waals surface area (Å²) in [5.74, 6) is -0.132. The Labute approximate surface area is 133 Å². The van der Waals surface area contributed by atoms with Crippen LogP contribution in [0, 0.1) is 12.8 Å². The fourth-order valence-electron chi connectivity index (χ4n) is 4.05. The van der Waals surface area contributed by atoms with Crippen LogP contribution in [0.25, 0.3) is 0 Å². The zero-order chi connectivity index (χ0) is 15.1. The van der Waals surface area contributed by atoms with Crippen LogP contribution in [0.4, 0.5) is 0 Å². The highest BCUT2D eigenvalue weighted by Gasteiger charge is 2.45.